The molecule has 0 saturated carbocycles. The summed E-state index contributed by atoms with van der Waals surface area (Å²) in [5.41, 5.74) is 4.21. The lowest BCUT2D eigenvalue weighted by molar-refractivity contribution is 0.412. The number of halogens is 1. The van der Waals surface area contributed by atoms with Crippen LogP contribution >= 0.6 is 11.6 Å². The molecule has 1 nitrogen and oxygen atoms in total. The first-order chi connectivity index (χ1) is 8.78. The fourth-order valence-corrected chi connectivity index (χ4v) is 3.38. The lowest BCUT2D eigenvalue weighted by Gasteiger charge is -2.22. The van der Waals surface area contributed by atoms with E-state index in [0.29, 0.717) is 0 Å². The highest BCUT2D eigenvalue weighted by Gasteiger charge is 2.21. The number of H-pyrrole nitrogens is 1. The average Bonchev–Trinajstić information content (AvgIpc) is 2.72. The Kier molecular flexibility index (Phi) is 3.34. The Bertz CT molecular complexity index is 555. The quantitative estimate of drug-likeness (QED) is 0.790. The Labute approximate surface area is 114 Å². The Morgan fingerprint density at radius 1 is 1.39 bits per heavy atom. The molecule has 1 unspecified atom stereocenters. The molecular weight excluding hydrogens is 242 g/mol. The maximum Gasteiger partial charge on any atom is 0.0473 e. The monoisotopic (exact) mass is 261 g/mol. The highest BCUT2D eigenvalue weighted by Crippen LogP contribution is 2.34. The molecule has 1 N–H and O–H groups in total. The van der Waals surface area contributed by atoms with Crippen LogP contribution in [0.5, 0.6) is 0 Å². The molecule has 1 aromatic heterocycles. The molecular formula is C16H20ClN. The van der Waals surface area contributed by atoms with Crippen molar-refractivity contribution in [3.05, 3.63) is 34.5 Å². The number of hydrogen-bond donors (Lipinski definition) is 1. The van der Waals surface area contributed by atoms with Crippen molar-refractivity contribution in [2.24, 2.45) is 5.92 Å². The first-order valence-electron chi connectivity index (χ1n) is 7.07. The van der Waals surface area contributed by atoms with Gasteiger partial charge in [-0.1, -0.05) is 43.9 Å². The standard InChI is InChI=1S/C16H20ClN/c1-2-3-4-11-5-8-15-14(9-11)13-7-6-12(17)10-16(13)18-15/h6-7,10-11,18H,2-5,8-9H2,1H3. The number of aromatic amines is 1. The first-order valence-corrected chi connectivity index (χ1v) is 7.44. The summed E-state index contributed by atoms with van der Waals surface area (Å²) in [6.07, 6.45) is 7.86. The average molecular weight is 262 g/mol. The van der Waals surface area contributed by atoms with Crippen molar-refractivity contribution in [3.63, 3.8) is 0 Å². The first kappa shape index (κ1) is 12.1. The molecule has 0 aliphatic heterocycles. The summed E-state index contributed by atoms with van der Waals surface area (Å²) in [5, 5.41) is 2.21. The molecule has 96 valence electrons. The zero-order chi connectivity index (χ0) is 12.5. The molecule has 3 rings (SSSR count). The van der Waals surface area contributed by atoms with Crippen LogP contribution in [0.15, 0.2) is 18.2 Å². The Balaban J connectivity index is 1.92. The predicted molar refractivity (Wildman–Crippen MR) is 78.3 cm³/mol. The van der Waals surface area contributed by atoms with E-state index in [9.17, 15) is 0 Å². The summed E-state index contributed by atoms with van der Waals surface area (Å²) in [5.74, 6) is 0.882. The van der Waals surface area contributed by atoms with Gasteiger partial charge in [0, 0.05) is 21.6 Å². The van der Waals surface area contributed by atoms with E-state index >= 15 is 0 Å². The van der Waals surface area contributed by atoms with Crippen LogP contribution in [-0.4, -0.2) is 4.98 Å². The van der Waals surface area contributed by atoms with Gasteiger partial charge in [-0.15, -0.1) is 0 Å². The zero-order valence-corrected chi connectivity index (χ0v) is 11.7. The molecule has 2 aromatic rings. The van der Waals surface area contributed by atoms with Crippen molar-refractivity contribution < 1.29 is 0 Å². The normalized spacial score (nSPS) is 19.1. The zero-order valence-electron chi connectivity index (χ0n) is 10.9. The second kappa shape index (κ2) is 4.97. The predicted octanol–water partition coefficient (Wildman–Crippen LogP) is 5.12. The van der Waals surface area contributed by atoms with Crippen LogP contribution in [0.1, 0.15) is 43.9 Å². The molecule has 0 bridgehead atoms. The van der Waals surface area contributed by atoms with Crippen molar-refractivity contribution in [3.8, 4) is 0 Å². The van der Waals surface area contributed by atoms with E-state index in [1.165, 1.54) is 55.1 Å². The Morgan fingerprint density at radius 2 is 2.28 bits per heavy atom. The van der Waals surface area contributed by atoms with E-state index in [-0.39, 0.29) is 0 Å². The summed E-state index contributed by atoms with van der Waals surface area (Å²) < 4.78 is 0. The van der Waals surface area contributed by atoms with Crippen molar-refractivity contribution in [2.75, 3.05) is 0 Å². The summed E-state index contributed by atoms with van der Waals surface area (Å²) in [4.78, 5) is 3.55. The van der Waals surface area contributed by atoms with Gasteiger partial charge in [-0.3, -0.25) is 0 Å². The summed E-state index contributed by atoms with van der Waals surface area (Å²) in [7, 11) is 0. The number of hydrogen-bond acceptors (Lipinski definition) is 0. The van der Waals surface area contributed by atoms with Crippen molar-refractivity contribution in [1.29, 1.82) is 0 Å². The Hall–Kier alpha value is -0.950. The fraction of sp³-hybridized carbons (Fsp3) is 0.500. The van der Waals surface area contributed by atoms with E-state index in [4.69, 9.17) is 11.6 Å². The number of aromatic nitrogens is 1. The molecule has 1 aliphatic rings. The van der Waals surface area contributed by atoms with E-state index < -0.39 is 0 Å². The van der Waals surface area contributed by atoms with Gasteiger partial charge in [0.15, 0.2) is 0 Å². The smallest absolute Gasteiger partial charge is 0.0473 e. The third kappa shape index (κ3) is 2.16. The second-order valence-corrected chi connectivity index (χ2v) is 5.96. The minimum absolute atomic E-state index is 0.823. The van der Waals surface area contributed by atoms with Gasteiger partial charge >= 0.3 is 0 Å². The van der Waals surface area contributed by atoms with Gasteiger partial charge in [0.1, 0.15) is 0 Å². The van der Waals surface area contributed by atoms with E-state index in [1.54, 1.807) is 5.56 Å². The fourth-order valence-electron chi connectivity index (χ4n) is 3.21. The summed E-state index contributed by atoms with van der Waals surface area (Å²) in [6.45, 7) is 2.28. The van der Waals surface area contributed by atoms with Crippen LogP contribution in [0.4, 0.5) is 0 Å². The van der Waals surface area contributed by atoms with Crippen molar-refractivity contribution >= 4 is 22.5 Å². The summed E-state index contributed by atoms with van der Waals surface area (Å²) >= 11 is 6.06. The van der Waals surface area contributed by atoms with Gasteiger partial charge < -0.3 is 4.98 Å². The second-order valence-electron chi connectivity index (χ2n) is 5.52. The number of benzene rings is 1. The van der Waals surface area contributed by atoms with E-state index in [0.717, 1.165) is 10.9 Å². The molecule has 1 aliphatic carbocycles. The molecule has 18 heavy (non-hydrogen) atoms. The van der Waals surface area contributed by atoms with Crippen molar-refractivity contribution in [2.45, 2.75) is 45.4 Å². The minimum Gasteiger partial charge on any atom is -0.358 e. The molecule has 1 atom stereocenters. The van der Waals surface area contributed by atoms with Gasteiger partial charge in [0.05, 0.1) is 0 Å². The highest BCUT2D eigenvalue weighted by atomic mass is 35.5. The SMILES string of the molecule is CCCCC1CCc2[nH]c3cc(Cl)ccc3c2C1. The highest BCUT2D eigenvalue weighted by molar-refractivity contribution is 6.31. The number of nitrogens with one attached hydrogen (secondary N) is 1. The van der Waals surface area contributed by atoms with E-state index in [1.807, 2.05) is 6.07 Å². The molecule has 2 heteroatoms. The Morgan fingerprint density at radius 3 is 3.11 bits per heavy atom. The molecule has 0 fully saturated rings. The van der Waals surface area contributed by atoms with Gasteiger partial charge in [-0.2, -0.15) is 0 Å². The molecule has 0 amide bonds. The lowest BCUT2D eigenvalue weighted by atomic mass is 9.83. The number of aryl methyl sites for hydroxylation is 1. The maximum atomic E-state index is 6.06. The largest absolute Gasteiger partial charge is 0.358 e. The van der Waals surface area contributed by atoms with Crippen molar-refractivity contribution in [1.82, 2.24) is 4.98 Å². The molecule has 0 radical (unpaired) electrons. The van der Waals surface area contributed by atoms with Crippen LogP contribution in [0.3, 0.4) is 0 Å². The van der Waals surface area contributed by atoms with Gasteiger partial charge in [0.2, 0.25) is 0 Å². The van der Waals surface area contributed by atoms with Gasteiger partial charge in [-0.05, 0) is 42.9 Å². The van der Waals surface area contributed by atoms with Crippen LogP contribution in [0, 0.1) is 5.92 Å². The summed E-state index contributed by atoms with van der Waals surface area (Å²) in [6, 6.07) is 6.24. The molecule has 1 heterocycles. The number of fused-ring (bicyclic) bond motifs is 3. The van der Waals surface area contributed by atoms with Gasteiger partial charge in [-0.25, -0.2) is 0 Å². The third-order valence-corrected chi connectivity index (χ3v) is 4.45. The number of unbranched alkanes of at least 4 members (excludes halogenated alkanes) is 1. The molecule has 0 spiro atoms. The molecule has 0 saturated heterocycles. The van der Waals surface area contributed by atoms with E-state index in [2.05, 4.69) is 24.0 Å². The van der Waals surface area contributed by atoms with Crippen LogP contribution in [0.2, 0.25) is 5.02 Å². The topological polar surface area (TPSA) is 15.8 Å². The third-order valence-electron chi connectivity index (χ3n) is 4.22. The number of rotatable bonds is 3. The van der Waals surface area contributed by atoms with Crippen LogP contribution in [0.25, 0.3) is 10.9 Å². The van der Waals surface area contributed by atoms with Crippen LogP contribution in [-0.2, 0) is 12.8 Å². The molecule has 1 aromatic carbocycles. The van der Waals surface area contributed by atoms with Crippen LogP contribution < -0.4 is 0 Å². The van der Waals surface area contributed by atoms with Gasteiger partial charge in [0.25, 0.3) is 0 Å². The minimum atomic E-state index is 0.823. The maximum absolute atomic E-state index is 6.06. The lowest BCUT2D eigenvalue weighted by Crippen LogP contribution is -2.13.